The highest BCUT2D eigenvalue weighted by atomic mass is 16.5. The minimum atomic E-state index is -0.611. The minimum absolute atomic E-state index is 0.0962. The van der Waals surface area contributed by atoms with Gasteiger partial charge in [0.25, 0.3) is 0 Å². The van der Waals surface area contributed by atoms with Crippen molar-refractivity contribution < 1.29 is 14.3 Å². The van der Waals surface area contributed by atoms with E-state index in [0.29, 0.717) is 5.76 Å². The van der Waals surface area contributed by atoms with Crippen LogP contribution in [0.15, 0.2) is 22.8 Å². The van der Waals surface area contributed by atoms with Crippen LogP contribution in [0.2, 0.25) is 0 Å². The van der Waals surface area contributed by atoms with Crippen LogP contribution in [0.5, 0.6) is 0 Å². The SMILES string of the molecule is CC1CCC(C(O)c2ccco2)O1. The van der Waals surface area contributed by atoms with Crippen molar-refractivity contribution >= 4 is 0 Å². The third-order valence-corrected chi connectivity index (χ3v) is 2.45. The maximum atomic E-state index is 9.81. The number of furan rings is 1. The number of hydrogen-bond donors (Lipinski definition) is 1. The molecule has 0 bridgehead atoms. The van der Waals surface area contributed by atoms with Crippen LogP contribution in [0.25, 0.3) is 0 Å². The largest absolute Gasteiger partial charge is 0.466 e. The van der Waals surface area contributed by atoms with Crippen molar-refractivity contribution in [1.82, 2.24) is 0 Å². The minimum Gasteiger partial charge on any atom is -0.466 e. The van der Waals surface area contributed by atoms with E-state index < -0.39 is 6.10 Å². The number of rotatable bonds is 2. The van der Waals surface area contributed by atoms with Crippen molar-refractivity contribution in [3.05, 3.63) is 24.2 Å². The molecule has 1 aliphatic rings. The van der Waals surface area contributed by atoms with Crippen molar-refractivity contribution in [3.63, 3.8) is 0 Å². The van der Waals surface area contributed by atoms with E-state index in [1.54, 1.807) is 18.4 Å². The van der Waals surface area contributed by atoms with Gasteiger partial charge in [0.05, 0.1) is 18.5 Å². The number of aliphatic hydroxyl groups is 1. The Morgan fingerprint density at radius 2 is 2.38 bits per heavy atom. The zero-order valence-corrected chi connectivity index (χ0v) is 7.64. The van der Waals surface area contributed by atoms with Gasteiger partial charge < -0.3 is 14.3 Å². The smallest absolute Gasteiger partial charge is 0.138 e. The van der Waals surface area contributed by atoms with Gasteiger partial charge in [0.15, 0.2) is 0 Å². The van der Waals surface area contributed by atoms with E-state index in [4.69, 9.17) is 9.15 Å². The first-order chi connectivity index (χ1) is 6.27. The third-order valence-electron chi connectivity index (χ3n) is 2.45. The fourth-order valence-electron chi connectivity index (χ4n) is 1.71. The molecule has 72 valence electrons. The zero-order chi connectivity index (χ0) is 9.26. The van der Waals surface area contributed by atoms with Crippen LogP contribution in [-0.4, -0.2) is 17.3 Å². The van der Waals surface area contributed by atoms with Crippen molar-refractivity contribution in [2.24, 2.45) is 0 Å². The molecule has 3 nitrogen and oxygen atoms in total. The summed E-state index contributed by atoms with van der Waals surface area (Å²) < 4.78 is 10.6. The fourth-order valence-corrected chi connectivity index (χ4v) is 1.71. The Balaban J connectivity index is 2.02. The van der Waals surface area contributed by atoms with E-state index in [-0.39, 0.29) is 12.2 Å². The van der Waals surface area contributed by atoms with Gasteiger partial charge >= 0.3 is 0 Å². The second-order valence-electron chi connectivity index (χ2n) is 3.52. The summed E-state index contributed by atoms with van der Waals surface area (Å²) in [6, 6.07) is 3.55. The lowest BCUT2D eigenvalue weighted by Crippen LogP contribution is -2.17. The van der Waals surface area contributed by atoms with E-state index in [1.807, 2.05) is 6.92 Å². The lowest BCUT2D eigenvalue weighted by molar-refractivity contribution is -0.0379. The second kappa shape index (κ2) is 3.52. The lowest BCUT2D eigenvalue weighted by atomic mass is 10.1. The van der Waals surface area contributed by atoms with Gasteiger partial charge in [-0.3, -0.25) is 0 Å². The summed E-state index contributed by atoms with van der Waals surface area (Å²) in [5.41, 5.74) is 0. The molecule has 1 saturated heterocycles. The van der Waals surface area contributed by atoms with Crippen molar-refractivity contribution in [2.75, 3.05) is 0 Å². The molecule has 0 saturated carbocycles. The molecule has 0 spiro atoms. The summed E-state index contributed by atoms with van der Waals surface area (Å²) in [5, 5.41) is 9.81. The maximum absolute atomic E-state index is 9.81. The van der Waals surface area contributed by atoms with Gasteiger partial charge in [-0.05, 0) is 31.9 Å². The van der Waals surface area contributed by atoms with Gasteiger partial charge in [-0.2, -0.15) is 0 Å². The molecule has 13 heavy (non-hydrogen) atoms. The zero-order valence-electron chi connectivity index (χ0n) is 7.64. The van der Waals surface area contributed by atoms with E-state index >= 15 is 0 Å². The lowest BCUT2D eigenvalue weighted by Gasteiger charge is -2.15. The summed E-state index contributed by atoms with van der Waals surface area (Å²) >= 11 is 0. The topological polar surface area (TPSA) is 42.6 Å². The first kappa shape index (κ1) is 8.78. The molecule has 1 N–H and O–H groups in total. The first-order valence-electron chi connectivity index (χ1n) is 4.64. The summed E-state index contributed by atoms with van der Waals surface area (Å²) in [5.74, 6) is 0.596. The van der Waals surface area contributed by atoms with Gasteiger partial charge in [0, 0.05) is 0 Å². The Hall–Kier alpha value is -0.800. The van der Waals surface area contributed by atoms with Crippen LogP contribution < -0.4 is 0 Å². The summed E-state index contributed by atoms with van der Waals surface area (Å²) in [6.45, 7) is 2.02. The number of hydrogen-bond acceptors (Lipinski definition) is 3. The molecule has 0 amide bonds. The molecule has 3 unspecified atom stereocenters. The highest BCUT2D eigenvalue weighted by Crippen LogP contribution is 2.29. The molecule has 1 aliphatic heterocycles. The quantitative estimate of drug-likeness (QED) is 0.759. The first-order valence-corrected chi connectivity index (χ1v) is 4.64. The summed E-state index contributed by atoms with van der Waals surface area (Å²) in [7, 11) is 0. The Kier molecular flexibility index (Phi) is 2.38. The highest BCUT2D eigenvalue weighted by Gasteiger charge is 2.30. The molecule has 2 rings (SSSR count). The van der Waals surface area contributed by atoms with Crippen LogP contribution in [-0.2, 0) is 4.74 Å². The maximum Gasteiger partial charge on any atom is 0.138 e. The van der Waals surface area contributed by atoms with Gasteiger partial charge in [-0.15, -0.1) is 0 Å². The fraction of sp³-hybridized carbons (Fsp3) is 0.600. The summed E-state index contributed by atoms with van der Waals surface area (Å²) in [4.78, 5) is 0. The van der Waals surface area contributed by atoms with Crippen molar-refractivity contribution in [2.45, 2.75) is 38.1 Å². The van der Waals surface area contributed by atoms with E-state index in [2.05, 4.69) is 0 Å². The molecule has 2 heterocycles. The van der Waals surface area contributed by atoms with Gasteiger partial charge in [0.1, 0.15) is 11.9 Å². The molecule has 0 radical (unpaired) electrons. The van der Waals surface area contributed by atoms with Gasteiger partial charge in [0.2, 0.25) is 0 Å². The molecular formula is C10H14O3. The van der Waals surface area contributed by atoms with Crippen LogP contribution in [0.3, 0.4) is 0 Å². The second-order valence-corrected chi connectivity index (χ2v) is 3.52. The Morgan fingerprint density at radius 3 is 2.92 bits per heavy atom. The predicted molar refractivity (Wildman–Crippen MR) is 47.2 cm³/mol. The normalized spacial score (nSPS) is 30.6. The third kappa shape index (κ3) is 1.76. The van der Waals surface area contributed by atoms with Gasteiger partial charge in [-0.25, -0.2) is 0 Å². The average molecular weight is 182 g/mol. The molecule has 0 aromatic carbocycles. The Morgan fingerprint density at radius 1 is 1.54 bits per heavy atom. The van der Waals surface area contributed by atoms with Crippen LogP contribution in [0.4, 0.5) is 0 Å². The van der Waals surface area contributed by atoms with Crippen molar-refractivity contribution in [1.29, 1.82) is 0 Å². The summed E-state index contributed by atoms with van der Waals surface area (Å²) in [6.07, 6.45) is 3.04. The molecule has 0 aliphatic carbocycles. The molecule has 1 fully saturated rings. The highest BCUT2D eigenvalue weighted by molar-refractivity contribution is 5.04. The van der Waals surface area contributed by atoms with Crippen LogP contribution in [0, 0.1) is 0 Å². The van der Waals surface area contributed by atoms with E-state index in [9.17, 15) is 5.11 Å². The standard InChI is InChI=1S/C10H14O3/c1-7-4-5-9(13-7)10(11)8-3-2-6-12-8/h2-3,6-7,9-11H,4-5H2,1H3. The molecule has 1 aromatic heterocycles. The van der Waals surface area contributed by atoms with Crippen LogP contribution >= 0.6 is 0 Å². The molecule has 3 atom stereocenters. The molecular weight excluding hydrogens is 168 g/mol. The molecule has 3 heteroatoms. The number of aliphatic hydroxyl groups excluding tert-OH is 1. The Bertz CT molecular complexity index is 255. The van der Waals surface area contributed by atoms with E-state index in [1.165, 1.54) is 0 Å². The Labute approximate surface area is 77.3 Å². The molecule has 1 aromatic rings. The monoisotopic (exact) mass is 182 g/mol. The van der Waals surface area contributed by atoms with Crippen molar-refractivity contribution in [3.8, 4) is 0 Å². The van der Waals surface area contributed by atoms with Gasteiger partial charge in [-0.1, -0.05) is 0 Å². The predicted octanol–water partition coefficient (Wildman–Crippen LogP) is 1.88. The van der Waals surface area contributed by atoms with E-state index in [0.717, 1.165) is 12.8 Å². The van der Waals surface area contributed by atoms with Crippen LogP contribution in [0.1, 0.15) is 31.6 Å². The average Bonchev–Trinajstić information content (AvgIpc) is 2.72. The number of ether oxygens (including phenoxy) is 1.